The highest BCUT2D eigenvalue weighted by molar-refractivity contribution is 7.84. The Labute approximate surface area is 262 Å². The van der Waals surface area contributed by atoms with Gasteiger partial charge < -0.3 is 19.7 Å². The fourth-order valence-electron chi connectivity index (χ4n) is 6.04. The molecule has 1 saturated carbocycles. The molecule has 2 N–H and O–H groups in total. The molecule has 0 spiro atoms. The van der Waals surface area contributed by atoms with Gasteiger partial charge >= 0.3 is 16.4 Å². The van der Waals surface area contributed by atoms with Crippen molar-refractivity contribution in [2.45, 2.75) is 84.8 Å². The maximum atomic E-state index is 13.5. The molecule has 3 aromatic rings. The molecule has 242 valence electrons. The third-order valence-corrected chi connectivity index (χ3v) is 9.46. The summed E-state index contributed by atoms with van der Waals surface area (Å²) < 4.78 is 33.0. The van der Waals surface area contributed by atoms with Crippen molar-refractivity contribution in [2.24, 2.45) is 0 Å². The standard InChI is InChI=1S/C30H40N8O6S/c1-18-17-36(45(42,43)44-29(41)35-30(4,5)6)13-14-37(18)22-11-12-24(31-15-22)33-28-32-16-23-19(2)25(20(3)39)27(40)38(26(23)34-28)21-9-7-8-10-21/h11-12,15-16,18,21H,7-10,13-14,17H2,1-6H3,(H,35,41)(H,31,32,33,34)/t18-/m0/s1. The monoisotopic (exact) mass is 640 g/mol. The van der Waals surface area contributed by atoms with Crippen molar-refractivity contribution in [3.63, 3.8) is 0 Å². The number of anilines is 3. The van der Waals surface area contributed by atoms with Gasteiger partial charge in [-0.3, -0.25) is 14.2 Å². The molecule has 1 amide bonds. The van der Waals surface area contributed by atoms with Crippen LogP contribution in [-0.4, -0.2) is 75.3 Å². The van der Waals surface area contributed by atoms with E-state index in [0.717, 1.165) is 35.7 Å². The number of piperazine rings is 1. The van der Waals surface area contributed by atoms with Crippen LogP contribution in [0.25, 0.3) is 11.0 Å². The number of aryl methyl sites for hydroxylation is 1. The van der Waals surface area contributed by atoms with Crippen LogP contribution < -0.4 is 21.1 Å². The molecule has 2 fully saturated rings. The Morgan fingerprint density at radius 3 is 2.38 bits per heavy atom. The lowest BCUT2D eigenvalue weighted by Gasteiger charge is -2.39. The van der Waals surface area contributed by atoms with Gasteiger partial charge in [-0.2, -0.15) is 17.7 Å². The number of pyridine rings is 2. The quantitative estimate of drug-likeness (QED) is 0.360. The summed E-state index contributed by atoms with van der Waals surface area (Å²) in [5, 5.41) is 6.27. The van der Waals surface area contributed by atoms with E-state index in [9.17, 15) is 22.8 Å². The van der Waals surface area contributed by atoms with Gasteiger partial charge in [0.1, 0.15) is 11.5 Å². The first-order chi connectivity index (χ1) is 21.1. The van der Waals surface area contributed by atoms with Gasteiger partial charge in [-0.05, 0) is 72.1 Å². The minimum absolute atomic E-state index is 0.0245. The molecule has 0 unspecified atom stereocenters. The van der Waals surface area contributed by atoms with Gasteiger partial charge in [0, 0.05) is 48.8 Å². The van der Waals surface area contributed by atoms with E-state index in [1.807, 2.05) is 17.9 Å². The Morgan fingerprint density at radius 2 is 1.78 bits per heavy atom. The molecule has 2 aliphatic rings. The van der Waals surface area contributed by atoms with Crippen molar-refractivity contribution in [1.29, 1.82) is 0 Å². The molecule has 1 aliphatic heterocycles. The summed E-state index contributed by atoms with van der Waals surface area (Å²) in [5.41, 5.74) is 1.09. The third kappa shape index (κ3) is 6.93. The molecule has 1 aliphatic carbocycles. The van der Waals surface area contributed by atoms with E-state index in [0.29, 0.717) is 29.0 Å². The fraction of sp³-hybridized carbons (Fsp3) is 0.533. The second-order valence-electron chi connectivity index (χ2n) is 12.7. The Morgan fingerprint density at radius 1 is 1.07 bits per heavy atom. The summed E-state index contributed by atoms with van der Waals surface area (Å²) in [4.78, 5) is 53.6. The van der Waals surface area contributed by atoms with Crippen LogP contribution in [0.5, 0.6) is 0 Å². The Bertz CT molecular complexity index is 1780. The molecule has 3 aromatic heterocycles. The summed E-state index contributed by atoms with van der Waals surface area (Å²) in [6.45, 7) is 10.9. The Kier molecular flexibility index (Phi) is 8.86. The van der Waals surface area contributed by atoms with Gasteiger partial charge in [-0.1, -0.05) is 12.8 Å². The topological polar surface area (TPSA) is 169 Å². The predicted octanol–water partition coefficient (Wildman–Crippen LogP) is 3.84. The average molecular weight is 641 g/mol. The fourth-order valence-corrected chi connectivity index (χ4v) is 7.08. The van der Waals surface area contributed by atoms with Crippen LogP contribution in [-0.2, 0) is 14.5 Å². The molecular weight excluding hydrogens is 600 g/mol. The Balaban J connectivity index is 1.31. The van der Waals surface area contributed by atoms with Crippen molar-refractivity contribution in [3.05, 3.63) is 46.0 Å². The largest absolute Gasteiger partial charge is 0.424 e. The van der Waals surface area contributed by atoms with E-state index in [1.165, 1.54) is 6.92 Å². The van der Waals surface area contributed by atoms with E-state index in [4.69, 9.17) is 9.17 Å². The van der Waals surface area contributed by atoms with E-state index < -0.39 is 21.9 Å². The maximum absolute atomic E-state index is 13.5. The third-order valence-electron chi connectivity index (χ3n) is 8.13. The number of ketones is 1. The normalized spacial score (nSPS) is 18.3. The zero-order valence-electron chi connectivity index (χ0n) is 26.5. The average Bonchev–Trinajstić information content (AvgIpc) is 3.46. The smallest absolute Gasteiger partial charge is 0.365 e. The summed E-state index contributed by atoms with van der Waals surface area (Å²) in [6, 6.07) is 3.39. The zero-order valence-corrected chi connectivity index (χ0v) is 27.3. The second kappa shape index (κ2) is 12.4. The number of hydrogen-bond acceptors (Lipinski definition) is 11. The van der Waals surface area contributed by atoms with Crippen molar-refractivity contribution >= 4 is 50.7 Å². The molecule has 45 heavy (non-hydrogen) atoms. The summed E-state index contributed by atoms with van der Waals surface area (Å²) in [5.74, 6) is 0.482. The number of hydrogen-bond donors (Lipinski definition) is 2. The highest BCUT2D eigenvalue weighted by Gasteiger charge is 2.35. The molecule has 14 nitrogen and oxygen atoms in total. The van der Waals surface area contributed by atoms with Crippen LogP contribution in [0.4, 0.5) is 22.2 Å². The number of nitrogens with zero attached hydrogens (tertiary/aromatic N) is 6. The van der Waals surface area contributed by atoms with Gasteiger partial charge in [0.05, 0.1) is 17.4 Å². The summed E-state index contributed by atoms with van der Waals surface area (Å²) in [7, 11) is -4.25. The highest BCUT2D eigenvalue weighted by Crippen LogP contribution is 2.32. The minimum atomic E-state index is -4.25. The van der Waals surface area contributed by atoms with Crippen LogP contribution in [0.1, 0.15) is 82.3 Å². The van der Waals surface area contributed by atoms with Crippen LogP contribution in [0.2, 0.25) is 0 Å². The molecular formula is C30H40N8O6S. The number of carbonyl (C=O) groups excluding carboxylic acids is 2. The van der Waals surface area contributed by atoms with Gasteiger partial charge in [0.2, 0.25) is 5.95 Å². The number of fused-ring (bicyclic) bond motifs is 1. The predicted molar refractivity (Wildman–Crippen MR) is 170 cm³/mol. The molecule has 15 heteroatoms. The maximum Gasteiger partial charge on any atom is 0.424 e. The number of nitrogens with one attached hydrogen (secondary N) is 2. The number of amides is 1. The number of carbonyl (C=O) groups is 2. The van der Waals surface area contributed by atoms with E-state index in [2.05, 4.69) is 20.6 Å². The SMILES string of the molecule is CC(=O)c1c(C)c2cnc(Nc3ccc(N4CCN(S(=O)(=O)OC(=O)NC(C)(C)C)C[C@@H]4C)cn3)nc2n(C2CCCC2)c1=O. The first-order valence-electron chi connectivity index (χ1n) is 15.1. The van der Waals surface area contributed by atoms with E-state index >= 15 is 0 Å². The molecule has 1 saturated heterocycles. The first kappa shape index (κ1) is 32.3. The van der Waals surface area contributed by atoms with Gasteiger partial charge in [0.15, 0.2) is 5.78 Å². The summed E-state index contributed by atoms with van der Waals surface area (Å²) in [6.07, 6.45) is 6.03. The lowest BCUT2D eigenvalue weighted by Crippen LogP contribution is -2.55. The minimum Gasteiger partial charge on any atom is -0.365 e. The molecule has 1 atom stereocenters. The molecule has 0 bridgehead atoms. The molecule has 4 heterocycles. The van der Waals surface area contributed by atoms with Crippen LogP contribution in [0.3, 0.4) is 0 Å². The summed E-state index contributed by atoms with van der Waals surface area (Å²) >= 11 is 0. The Hall–Kier alpha value is -4.11. The molecule has 5 rings (SSSR count). The van der Waals surface area contributed by atoms with Crippen LogP contribution >= 0.6 is 0 Å². The molecule has 0 radical (unpaired) electrons. The van der Waals surface area contributed by atoms with Crippen LogP contribution in [0, 0.1) is 6.92 Å². The van der Waals surface area contributed by atoms with Gasteiger partial charge in [-0.25, -0.2) is 14.8 Å². The molecule has 0 aromatic carbocycles. The van der Waals surface area contributed by atoms with Crippen molar-refractivity contribution in [2.75, 3.05) is 29.9 Å². The van der Waals surface area contributed by atoms with Gasteiger partial charge in [-0.15, -0.1) is 0 Å². The second-order valence-corrected chi connectivity index (χ2v) is 14.3. The van der Waals surface area contributed by atoms with Crippen molar-refractivity contribution in [3.8, 4) is 0 Å². The van der Waals surface area contributed by atoms with Gasteiger partial charge in [0.25, 0.3) is 5.56 Å². The number of rotatable bonds is 7. The van der Waals surface area contributed by atoms with Crippen LogP contribution in [0.15, 0.2) is 29.3 Å². The highest BCUT2D eigenvalue weighted by atomic mass is 32.2. The van der Waals surface area contributed by atoms with Crippen molar-refractivity contribution in [1.82, 2.24) is 29.1 Å². The first-order valence-corrected chi connectivity index (χ1v) is 16.5. The lowest BCUT2D eigenvalue weighted by molar-refractivity contribution is 0.101. The number of aromatic nitrogens is 4. The van der Waals surface area contributed by atoms with E-state index in [1.54, 1.807) is 50.7 Å². The zero-order chi connectivity index (χ0) is 32.7. The lowest BCUT2D eigenvalue weighted by atomic mass is 10.0. The number of Topliss-reactive ketones (excluding diaryl/α,β-unsaturated/α-hetero) is 1. The van der Waals surface area contributed by atoms with Crippen molar-refractivity contribution < 1.29 is 22.2 Å². The van der Waals surface area contributed by atoms with E-state index in [-0.39, 0.29) is 48.0 Å².